The SMILES string of the molecule is [2H]c1c([2H])c([2H])c2c(c1[2H])c([2H])c([2H])c1c2oc2cccc(-c3ccccc3-c3c4ccccc4c(-c4ccccc4)c4ccccc34)c21. The third-order valence-electron chi connectivity index (χ3n) is 8.42. The molecule has 1 aromatic heterocycles. The first-order chi connectivity index (χ1) is 23.9. The summed E-state index contributed by atoms with van der Waals surface area (Å²) in [5.74, 6) is 0. The second-order valence-electron chi connectivity index (χ2n) is 10.7. The maximum absolute atomic E-state index is 9.16. The molecule has 0 atom stereocenters. The van der Waals surface area contributed by atoms with Crippen molar-refractivity contribution in [1.29, 1.82) is 0 Å². The number of benzene rings is 8. The van der Waals surface area contributed by atoms with Gasteiger partial charge in [-0.1, -0.05) is 145 Å². The van der Waals surface area contributed by atoms with Crippen molar-refractivity contribution in [3.8, 4) is 33.4 Å². The van der Waals surface area contributed by atoms with Crippen molar-refractivity contribution < 1.29 is 12.6 Å². The Bertz CT molecular complexity index is 2780. The van der Waals surface area contributed by atoms with E-state index in [0.29, 0.717) is 16.4 Å². The van der Waals surface area contributed by atoms with Crippen molar-refractivity contribution in [3.05, 3.63) is 158 Å². The molecule has 0 fully saturated rings. The molecule has 9 aromatic rings. The van der Waals surface area contributed by atoms with E-state index in [9.17, 15) is 0 Å². The van der Waals surface area contributed by atoms with E-state index in [-0.39, 0.29) is 40.5 Å². The molecule has 43 heavy (non-hydrogen) atoms. The van der Waals surface area contributed by atoms with Crippen LogP contribution in [0.5, 0.6) is 0 Å². The van der Waals surface area contributed by atoms with E-state index in [1.54, 1.807) is 0 Å². The summed E-state index contributed by atoms with van der Waals surface area (Å²) in [4.78, 5) is 0. The van der Waals surface area contributed by atoms with Gasteiger partial charge in [-0.25, -0.2) is 0 Å². The van der Waals surface area contributed by atoms with E-state index in [2.05, 4.69) is 84.9 Å². The number of hydrogen-bond donors (Lipinski definition) is 0. The summed E-state index contributed by atoms with van der Waals surface area (Å²) in [7, 11) is 0. The lowest BCUT2D eigenvalue weighted by molar-refractivity contribution is 0.673. The lowest BCUT2D eigenvalue weighted by Gasteiger charge is -2.20. The predicted octanol–water partition coefficient (Wildman–Crippen LogP) is 12.0. The minimum atomic E-state index is -0.437. The molecule has 0 aliphatic carbocycles. The topological polar surface area (TPSA) is 13.1 Å². The molecular formula is C42H26O. The molecule has 1 heteroatoms. The van der Waals surface area contributed by atoms with Gasteiger partial charge < -0.3 is 4.42 Å². The van der Waals surface area contributed by atoms with Crippen LogP contribution in [0.1, 0.15) is 8.22 Å². The van der Waals surface area contributed by atoms with Crippen LogP contribution in [-0.2, 0) is 0 Å². The molecule has 0 unspecified atom stereocenters. The van der Waals surface area contributed by atoms with Crippen molar-refractivity contribution in [2.75, 3.05) is 0 Å². The molecule has 0 amide bonds. The van der Waals surface area contributed by atoms with Gasteiger partial charge in [-0.05, 0) is 72.4 Å². The largest absolute Gasteiger partial charge is 0.455 e. The molecule has 200 valence electrons. The highest BCUT2D eigenvalue weighted by atomic mass is 16.3. The fourth-order valence-corrected chi connectivity index (χ4v) is 6.64. The summed E-state index contributed by atoms with van der Waals surface area (Å²) < 4.78 is 58.3. The fraction of sp³-hybridized carbons (Fsp3) is 0. The zero-order valence-electron chi connectivity index (χ0n) is 29.0. The maximum Gasteiger partial charge on any atom is 0.143 e. The van der Waals surface area contributed by atoms with Crippen LogP contribution in [0.25, 0.3) is 87.6 Å². The van der Waals surface area contributed by atoms with Crippen LogP contribution >= 0.6 is 0 Å². The molecule has 0 spiro atoms. The van der Waals surface area contributed by atoms with Gasteiger partial charge in [0.1, 0.15) is 11.2 Å². The van der Waals surface area contributed by atoms with Gasteiger partial charge in [-0.2, -0.15) is 0 Å². The Hall–Kier alpha value is -5.66. The quantitative estimate of drug-likeness (QED) is 0.199. The molecule has 0 saturated carbocycles. The average molecular weight is 553 g/mol. The van der Waals surface area contributed by atoms with E-state index in [1.165, 1.54) is 5.56 Å². The zero-order chi connectivity index (χ0) is 33.6. The summed E-state index contributed by atoms with van der Waals surface area (Å²) >= 11 is 0. The molecule has 0 aliphatic heterocycles. The molecule has 0 bridgehead atoms. The summed E-state index contributed by atoms with van der Waals surface area (Å²) in [5, 5.41) is 5.58. The summed E-state index contributed by atoms with van der Waals surface area (Å²) in [6.45, 7) is 0. The third-order valence-corrected chi connectivity index (χ3v) is 8.42. The van der Waals surface area contributed by atoms with Gasteiger partial charge in [0.05, 0.1) is 8.22 Å². The van der Waals surface area contributed by atoms with Gasteiger partial charge in [0, 0.05) is 16.2 Å². The highest BCUT2D eigenvalue weighted by Crippen LogP contribution is 2.47. The summed E-state index contributed by atoms with van der Waals surface area (Å²) in [5.41, 5.74) is 6.78. The van der Waals surface area contributed by atoms with Crippen LogP contribution in [-0.4, -0.2) is 0 Å². The first-order valence-corrected chi connectivity index (χ1v) is 14.3. The van der Waals surface area contributed by atoms with Gasteiger partial charge in [0.25, 0.3) is 0 Å². The molecule has 0 N–H and O–H groups in total. The van der Waals surface area contributed by atoms with Gasteiger partial charge in [0.2, 0.25) is 0 Å². The van der Waals surface area contributed by atoms with Crippen molar-refractivity contribution >= 4 is 54.3 Å². The third kappa shape index (κ3) is 3.58. The van der Waals surface area contributed by atoms with Crippen LogP contribution in [0.15, 0.2) is 162 Å². The van der Waals surface area contributed by atoms with E-state index in [4.69, 9.17) is 12.6 Å². The first kappa shape index (κ1) is 18.7. The van der Waals surface area contributed by atoms with Gasteiger partial charge in [0.15, 0.2) is 0 Å². The van der Waals surface area contributed by atoms with Crippen molar-refractivity contribution in [2.24, 2.45) is 0 Å². The molecule has 1 heterocycles. The zero-order valence-corrected chi connectivity index (χ0v) is 23.0. The molecule has 9 rings (SSSR count). The van der Waals surface area contributed by atoms with E-state index in [0.717, 1.165) is 49.4 Å². The normalized spacial score (nSPS) is 13.7. The fourth-order valence-electron chi connectivity index (χ4n) is 6.64. The minimum absolute atomic E-state index is 0.0130. The second-order valence-corrected chi connectivity index (χ2v) is 10.7. The molecule has 0 saturated heterocycles. The van der Waals surface area contributed by atoms with Crippen molar-refractivity contribution in [2.45, 2.75) is 0 Å². The van der Waals surface area contributed by atoms with Gasteiger partial charge in [-0.15, -0.1) is 0 Å². The summed E-state index contributed by atoms with van der Waals surface area (Å²) in [6.07, 6.45) is 0. The van der Waals surface area contributed by atoms with Crippen LogP contribution in [0.2, 0.25) is 0 Å². The Labute approximate surface area is 257 Å². The maximum atomic E-state index is 9.16. The number of rotatable bonds is 3. The standard InChI is InChI=1S/C42H26O/c1-2-14-28(15-3-1)39-33-19-8-10-21-35(33)40(36-22-11-9-20-34(36)39)31-18-7-6-17-30(31)32-23-12-24-38-41(32)37-26-25-27-13-4-5-16-29(27)42(37)43-38/h1-26H/i4D,5D,13D,16D,25D,26D. The Morgan fingerprint density at radius 1 is 0.419 bits per heavy atom. The lowest BCUT2D eigenvalue weighted by Crippen LogP contribution is -1.92. The van der Waals surface area contributed by atoms with Crippen LogP contribution in [0.3, 0.4) is 0 Å². The highest BCUT2D eigenvalue weighted by Gasteiger charge is 2.21. The molecular weight excluding hydrogens is 520 g/mol. The lowest BCUT2D eigenvalue weighted by atomic mass is 9.83. The van der Waals surface area contributed by atoms with Crippen LogP contribution < -0.4 is 0 Å². The Balaban J connectivity index is 1.42. The Morgan fingerprint density at radius 2 is 1.02 bits per heavy atom. The predicted molar refractivity (Wildman–Crippen MR) is 183 cm³/mol. The van der Waals surface area contributed by atoms with Crippen LogP contribution in [0.4, 0.5) is 0 Å². The van der Waals surface area contributed by atoms with Crippen LogP contribution in [0, 0.1) is 0 Å². The number of furan rings is 1. The van der Waals surface area contributed by atoms with Gasteiger partial charge in [-0.3, -0.25) is 0 Å². The van der Waals surface area contributed by atoms with Gasteiger partial charge >= 0.3 is 0 Å². The molecule has 0 aliphatic rings. The smallest absolute Gasteiger partial charge is 0.143 e. The van der Waals surface area contributed by atoms with Crippen molar-refractivity contribution in [3.63, 3.8) is 0 Å². The minimum Gasteiger partial charge on any atom is -0.455 e. The first-order valence-electron chi connectivity index (χ1n) is 17.3. The van der Waals surface area contributed by atoms with Crippen molar-refractivity contribution in [1.82, 2.24) is 0 Å². The van der Waals surface area contributed by atoms with E-state index in [1.807, 2.05) is 36.4 Å². The number of hydrogen-bond acceptors (Lipinski definition) is 1. The summed E-state index contributed by atoms with van der Waals surface area (Å²) in [6, 6.07) is 39.5. The molecule has 8 aromatic carbocycles. The number of fused-ring (bicyclic) bond motifs is 7. The highest BCUT2D eigenvalue weighted by molar-refractivity contribution is 6.24. The Kier molecular flexibility index (Phi) is 4.11. The Morgan fingerprint density at radius 3 is 1.77 bits per heavy atom. The van der Waals surface area contributed by atoms with E-state index >= 15 is 0 Å². The van der Waals surface area contributed by atoms with E-state index < -0.39 is 12.1 Å². The second kappa shape index (κ2) is 9.44. The molecule has 0 radical (unpaired) electrons. The monoisotopic (exact) mass is 552 g/mol. The average Bonchev–Trinajstić information content (AvgIpc) is 3.54. The molecule has 1 nitrogen and oxygen atoms in total.